The monoisotopic (exact) mass is 418 g/mol. The third-order valence-corrected chi connectivity index (χ3v) is 5.81. The van der Waals surface area contributed by atoms with Gasteiger partial charge in [-0.1, -0.05) is 30.3 Å². The Hall–Kier alpha value is -0.840. The predicted molar refractivity (Wildman–Crippen MR) is 105 cm³/mol. The van der Waals surface area contributed by atoms with Crippen LogP contribution in [0.5, 0.6) is 0 Å². The first-order valence-electron chi connectivity index (χ1n) is 9.15. The lowest BCUT2D eigenvalue weighted by molar-refractivity contribution is -0.167. The second-order valence-corrected chi connectivity index (χ2v) is 8.51. The minimum absolute atomic E-state index is 0.0390. The molecule has 0 spiro atoms. The van der Waals surface area contributed by atoms with Gasteiger partial charge < -0.3 is 30.4 Å². The maximum atomic E-state index is 9.08. The summed E-state index contributed by atoms with van der Waals surface area (Å²) >= 11 is 7.73. The van der Waals surface area contributed by atoms with Gasteiger partial charge in [-0.2, -0.15) is 0 Å². The molecule has 1 saturated heterocycles. The summed E-state index contributed by atoms with van der Waals surface area (Å²) in [6, 6.07) is -0.113. The molecule has 1 aromatic heterocycles. The maximum Gasteiger partial charge on any atom is 0.191 e. The number of fused-ring (bicyclic) bond motifs is 1. The molecule has 0 amide bonds. The van der Waals surface area contributed by atoms with E-state index in [0.717, 1.165) is 12.2 Å². The van der Waals surface area contributed by atoms with Gasteiger partial charge in [-0.15, -0.1) is 0 Å². The number of nitrogens with one attached hydrogen (secondary N) is 1. The molecule has 4 atom stereocenters. The fourth-order valence-corrected chi connectivity index (χ4v) is 4.33. The lowest BCUT2D eigenvalue weighted by Gasteiger charge is -2.24. The van der Waals surface area contributed by atoms with Gasteiger partial charge >= 0.3 is 0 Å². The molecule has 152 valence electrons. The second-order valence-electron chi connectivity index (χ2n) is 7.09. The quantitative estimate of drug-likeness (QED) is 0.332. The van der Waals surface area contributed by atoms with Gasteiger partial charge in [-0.25, -0.2) is 9.97 Å². The molecular formula is C17H27ClN4O4S. The van der Waals surface area contributed by atoms with Crippen molar-refractivity contribution in [1.29, 1.82) is 0 Å². The highest BCUT2D eigenvalue weighted by atomic mass is 35.5. The van der Waals surface area contributed by atoms with Gasteiger partial charge in [0.05, 0.1) is 25.4 Å². The lowest BCUT2D eigenvalue weighted by Crippen LogP contribution is -2.35. The Kier molecular flexibility index (Phi) is 6.70. The van der Waals surface area contributed by atoms with E-state index in [2.05, 4.69) is 22.2 Å². The fraction of sp³-hybridized carbons (Fsp3) is 0.765. The Morgan fingerprint density at radius 3 is 2.81 bits per heavy atom. The maximum absolute atomic E-state index is 9.08. The third kappa shape index (κ3) is 4.78. The van der Waals surface area contributed by atoms with E-state index in [1.54, 1.807) is 0 Å². The molecule has 1 aromatic rings. The molecule has 0 aromatic carbocycles. The number of ether oxygens (including phenoxy) is 3. The highest BCUT2D eigenvalue weighted by Gasteiger charge is 2.54. The molecule has 1 saturated carbocycles. The SMILES string of the molecule is CCCSc1nc(Cl)c(N)c(NC2CC(OCCO)C3OC(C)(C)OC23)n1. The van der Waals surface area contributed by atoms with Crippen LogP contribution in [0.1, 0.15) is 33.6 Å². The number of aromatic nitrogens is 2. The fourth-order valence-electron chi connectivity index (χ4n) is 3.41. The van der Waals surface area contributed by atoms with Crippen molar-refractivity contribution in [3.8, 4) is 0 Å². The first-order valence-corrected chi connectivity index (χ1v) is 10.5. The number of aliphatic hydroxyl groups is 1. The molecule has 2 aliphatic rings. The molecule has 0 radical (unpaired) electrons. The normalized spacial score (nSPS) is 29.1. The number of anilines is 2. The topological polar surface area (TPSA) is 112 Å². The van der Waals surface area contributed by atoms with E-state index < -0.39 is 5.79 Å². The second kappa shape index (κ2) is 8.67. The van der Waals surface area contributed by atoms with E-state index in [4.69, 9.17) is 36.7 Å². The zero-order chi connectivity index (χ0) is 19.6. The van der Waals surface area contributed by atoms with Crippen LogP contribution in [-0.4, -0.2) is 64.2 Å². The summed E-state index contributed by atoms with van der Waals surface area (Å²) in [6.07, 6.45) is 1.02. The molecule has 4 N–H and O–H groups in total. The van der Waals surface area contributed by atoms with Gasteiger partial charge in [0.2, 0.25) is 0 Å². The van der Waals surface area contributed by atoms with E-state index in [9.17, 15) is 0 Å². The standard InChI is InChI=1S/C17H27ClN4O4S/c1-4-7-27-16-21-14(18)11(19)15(22-16)20-9-8-10(24-6-5-23)13-12(9)25-17(2,3)26-13/h9-10,12-13,23H,4-8,19H2,1-3H3,(H,20,21,22). The van der Waals surface area contributed by atoms with Crippen LogP contribution in [0, 0.1) is 0 Å². The molecule has 2 heterocycles. The number of aliphatic hydroxyl groups excluding tert-OH is 1. The molecule has 10 heteroatoms. The molecule has 1 aliphatic heterocycles. The summed E-state index contributed by atoms with van der Waals surface area (Å²) in [7, 11) is 0. The molecule has 27 heavy (non-hydrogen) atoms. The number of hydrogen-bond donors (Lipinski definition) is 3. The Labute approximate surface area is 168 Å². The van der Waals surface area contributed by atoms with Gasteiger partial charge in [0.15, 0.2) is 21.9 Å². The smallest absolute Gasteiger partial charge is 0.191 e. The third-order valence-electron chi connectivity index (χ3n) is 4.47. The van der Waals surface area contributed by atoms with E-state index in [0.29, 0.717) is 23.1 Å². The molecular weight excluding hydrogens is 392 g/mol. The van der Waals surface area contributed by atoms with Crippen LogP contribution in [0.25, 0.3) is 0 Å². The summed E-state index contributed by atoms with van der Waals surface area (Å²) < 4.78 is 17.9. The largest absolute Gasteiger partial charge is 0.394 e. The van der Waals surface area contributed by atoms with E-state index in [1.807, 2.05) is 13.8 Å². The highest BCUT2D eigenvalue weighted by Crippen LogP contribution is 2.41. The first-order chi connectivity index (χ1) is 12.8. The number of nitrogen functional groups attached to an aromatic ring is 1. The van der Waals surface area contributed by atoms with Crippen molar-refractivity contribution in [3.05, 3.63) is 5.15 Å². The summed E-state index contributed by atoms with van der Waals surface area (Å²) in [4.78, 5) is 8.76. The van der Waals surface area contributed by atoms with Crippen molar-refractivity contribution >= 4 is 34.9 Å². The van der Waals surface area contributed by atoms with Gasteiger partial charge in [0, 0.05) is 5.75 Å². The first kappa shape index (κ1) is 20.9. The highest BCUT2D eigenvalue weighted by molar-refractivity contribution is 7.99. The minimum Gasteiger partial charge on any atom is -0.394 e. The van der Waals surface area contributed by atoms with Crippen molar-refractivity contribution in [1.82, 2.24) is 9.97 Å². The molecule has 3 rings (SSSR count). The minimum atomic E-state index is -0.701. The summed E-state index contributed by atoms with van der Waals surface area (Å²) in [5.74, 6) is 0.692. The Bertz CT molecular complexity index is 666. The van der Waals surface area contributed by atoms with Crippen LogP contribution in [0.15, 0.2) is 5.16 Å². The summed E-state index contributed by atoms with van der Waals surface area (Å²) in [5.41, 5.74) is 6.41. The van der Waals surface area contributed by atoms with Crippen molar-refractivity contribution in [2.24, 2.45) is 0 Å². The number of halogens is 1. The van der Waals surface area contributed by atoms with Crippen LogP contribution in [-0.2, 0) is 14.2 Å². The Morgan fingerprint density at radius 2 is 2.11 bits per heavy atom. The number of nitrogens with two attached hydrogens (primary N) is 1. The van der Waals surface area contributed by atoms with Crippen molar-refractivity contribution in [2.45, 2.75) is 68.9 Å². The summed E-state index contributed by atoms with van der Waals surface area (Å²) in [6.45, 7) is 6.06. The van der Waals surface area contributed by atoms with Crippen LogP contribution in [0.2, 0.25) is 5.15 Å². The lowest BCUT2D eigenvalue weighted by atomic mass is 10.2. The van der Waals surface area contributed by atoms with Crippen LogP contribution in [0.3, 0.4) is 0 Å². The predicted octanol–water partition coefficient (Wildman–Crippen LogP) is 2.30. The zero-order valence-electron chi connectivity index (χ0n) is 15.8. The molecule has 0 bridgehead atoms. The number of nitrogens with zero attached hydrogens (tertiary/aromatic N) is 2. The van der Waals surface area contributed by atoms with Crippen molar-refractivity contribution in [2.75, 3.05) is 30.0 Å². The van der Waals surface area contributed by atoms with E-state index >= 15 is 0 Å². The Morgan fingerprint density at radius 1 is 1.37 bits per heavy atom. The zero-order valence-corrected chi connectivity index (χ0v) is 17.3. The average molecular weight is 419 g/mol. The number of hydrogen-bond acceptors (Lipinski definition) is 9. The number of thioether (sulfide) groups is 1. The van der Waals surface area contributed by atoms with Crippen molar-refractivity contribution < 1.29 is 19.3 Å². The van der Waals surface area contributed by atoms with Gasteiger partial charge in [0.1, 0.15) is 17.9 Å². The molecule has 2 fully saturated rings. The van der Waals surface area contributed by atoms with Gasteiger partial charge in [-0.3, -0.25) is 0 Å². The van der Waals surface area contributed by atoms with E-state index in [1.165, 1.54) is 11.8 Å². The van der Waals surface area contributed by atoms with Gasteiger partial charge in [-0.05, 0) is 26.7 Å². The molecule has 4 unspecified atom stereocenters. The van der Waals surface area contributed by atoms with E-state index in [-0.39, 0.29) is 42.7 Å². The van der Waals surface area contributed by atoms with Gasteiger partial charge in [0.25, 0.3) is 0 Å². The molecule has 8 nitrogen and oxygen atoms in total. The van der Waals surface area contributed by atoms with Crippen LogP contribution >= 0.6 is 23.4 Å². The average Bonchev–Trinajstić information content (AvgIpc) is 3.09. The molecule has 1 aliphatic carbocycles. The van der Waals surface area contributed by atoms with Crippen LogP contribution in [0.4, 0.5) is 11.5 Å². The summed E-state index contributed by atoms with van der Waals surface area (Å²) in [5, 5.41) is 13.3. The van der Waals surface area contributed by atoms with Crippen molar-refractivity contribution in [3.63, 3.8) is 0 Å². The van der Waals surface area contributed by atoms with Crippen LogP contribution < -0.4 is 11.1 Å². The Balaban J connectivity index is 1.79. The number of rotatable bonds is 8.